The molecule has 10 heteroatoms. The van der Waals surface area contributed by atoms with Crippen LogP contribution in [0.2, 0.25) is 0 Å². The van der Waals surface area contributed by atoms with Crippen molar-refractivity contribution in [2.24, 2.45) is 5.73 Å². The molecule has 2 atom stereocenters. The number of esters is 2. The Bertz CT molecular complexity index is 928. The van der Waals surface area contributed by atoms with Gasteiger partial charge >= 0.3 is 19.8 Å². The molecule has 0 saturated heterocycles. The van der Waals surface area contributed by atoms with Crippen molar-refractivity contribution < 1.29 is 37.6 Å². The largest absolute Gasteiger partial charge is 0.472 e. The van der Waals surface area contributed by atoms with E-state index < -0.39 is 32.5 Å². The molecule has 0 saturated carbocycles. The number of unbranched alkanes of at least 4 members (excludes halogenated alkanes) is 24. The van der Waals surface area contributed by atoms with Crippen LogP contribution in [-0.2, 0) is 32.7 Å². The first kappa shape index (κ1) is 51.5. The third-order valence-electron chi connectivity index (χ3n) is 9.35. The first-order valence-electron chi connectivity index (χ1n) is 21.8. The van der Waals surface area contributed by atoms with Crippen LogP contribution < -0.4 is 5.73 Å². The van der Waals surface area contributed by atoms with E-state index in [1.165, 1.54) is 141 Å². The van der Waals surface area contributed by atoms with Gasteiger partial charge in [-0.1, -0.05) is 186 Å². The quantitative estimate of drug-likeness (QED) is 0.0269. The number of phosphoric ester groups is 1. The number of rotatable bonds is 41. The molecule has 0 radical (unpaired) electrons. The van der Waals surface area contributed by atoms with Gasteiger partial charge in [0.15, 0.2) is 6.10 Å². The zero-order valence-electron chi connectivity index (χ0n) is 34.3. The van der Waals surface area contributed by atoms with Gasteiger partial charge in [-0.3, -0.25) is 18.6 Å². The predicted octanol–water partition coefficient (Wildman–Crippen LogP) is 12.4. The average Bonchev–Trinajstić information content (AvgIpc) is 3.14. The minimum absolute atomic E-state index is 0.0475. The van der Waals surface area contributed by atoms with Crippen LogP contribution in [-0.4, -0.2) is 49.3 Å². The molecule has 312 valence electrons. The fraction of sp³-hybridized carbons (Fsp3) is 0.860. The summed E-state index contributed by atoms with van der Waals surface area (Å²) in [6, 6.07) is 0. The van der Waals surface area contributed by atoms with Crippen LogP contribution in [0.5, 0.6) is 0 Å². The smallest absolute Gasteiger partial charge is 0.462 e. The van der Waals surface area contributed by atoms with Crippen LogP contribution in [0.15, 0.2) is 24.3 Å². The standard InChI is InChI=1S/C43H82NO8P/c1-3-5-7-9-11-13-15-17-19-20-22-23-25-27-29-31-33-35-42(45)49-39-41(40-51-53(47,48)50-38-37-44)52-43(46)36-34-32-30-28-26-24-21-18-16-14-12-10-8-6-4-2/h24,26,30,32,41H,3-23,25,27-29,31,33-40,44H2,1-2H3,(H,47,48). The maximum absolute atomic E-state index is 12.5. The molecule has 53 heavy (non-hydrogen) atoms. The summed E-state index contributed by atoms with van der Waals surface area (Å²) in [4.78, 5) is 34.8. The van der Waals surface area contributed by atoms with Crippen molar-refractivity contribution in [1.29, 1.82) is 0 Å². The number of nitrogens with two attached hydrogens (primary N) is 1. The molecule has 0 amide bonds. The van der Waals surface area contributed by atoms with Gasteiger partial charge in [0.1, 0.15) is 6.61 Å². The van der Waals surface area contributed by atoms with Crippen LogP contribution in [0.4, 0.5) is 0 Å². The molecule has 0 aromatic carbocycles. The van der Waals surface area contributed by atoms with Crippen molar-refractivity contribution in [2.45, 2.75) is 213 Å². The maximum atomic E-state index is 12.5. The highest BCUT2D eigenvalue weighted by Gasteiger charge is 2.25. The second-order valence-electron chi connectivity index (χ2n) is 14.6. The summed E-state index contributed by atoms with van der Waals surface area (Å²) >= 11 is 0. The van der Waals surface area contributed by atoms with Gasteiger partial charge in [-0.2, -0.15) is 0 Å². The van der Waals surface area contributed by atoms with Gasteiger partial charge < -0.3 is 20.1 Å². The lowest BCUT2D eigenvalue weighted by molar-refractivity contribution is -0.161. The third-order valence-corrected chi connectivity index (χ3v) is 10.3. The third kappa shape index (κ3) is 40.0. The van der Waals surface area contributed by atoms with E-state index in [-0.39, 0.29) is 32.6 Å². The molecule has 0 rings (SSSR count). The first-order chi connectivity index (χ1) is 25.8. The monoisotopic (exact) mass is 772 g/mol. The Morgan fingerprint density at radius 2 is 1.02 bits per heavy atom. The summed E-state index contributed by atoms with van der Waals surface area (Å²) in [5, 5.41) is 0. The number of carbonyl (C=O) groups excluding carboxylic acids is 2. The molecule has 0 aliphatic carbocycles. The van der Waals surface area contributed by atoms with Crippen molar-refractivity contribution in [3.63, 3.8) is 0 Å². The summed E-state index contributed by atoms with van der Waals surface area (Å²) < 4.78 is 32.7. The Morgan fingerprint density at radius 3 is 1.51 bits per heavy atom. The van der Waals surface area contributed by atoms with Gasteiger partial charge in [0, 0.05) is 19.4 Å². The summed E-state index contributed by atoms with van der Waals surface area (Å²) in [5.41, 5.74) is 5.34. The van der Waals surface area contributed by atoms with Crippen molar-refractivity contribution >= 4 is 19.8 Å². The van der Waals surface area contributed by atoms with Gasteiger partial charge in [0.05, 0.1) is 13.2 Å². The Labute approximate surface area is 325 Å². The van der Waals surface area contributed by atoms with E-state index >= 15 is 0 Å². The first-order valence-corrected chi connectivity index (χ1v) is 23.3. The van der Waals surface area contributed by atoms with E-state index in [1.807, 2.05) is 12.2 Å². The molecular weight excluding hydrogens is 689 g/mol. The molecule has 0 spiro atoms. The van der Waals surface area contributed by atoms with Crippen LogP contribution in [0, 0.1) is 0 Å². The Balaban J connectivity index is 4.18. The molecule has 0 bridgehead atoms. The molecular formula is C43H82NO8P. The van der Waals surface area contributed by atoms with Gasteiger partial charge in [-0.15, -0.1) is 0 Å². The normalized spacial score (nSPS) is 13.5. The Kier molecular flexibility index (Phi) is 39.0. The van der Waals surface area contributed by atoms with Crippen LogP contribution in [0.3, 0.4) is 0 Å². The highest BCUT2D eigenvalue weighted by Crippen LogP contribution is 2.43. The number of allylic oxidation sites excluding steroid dienone is 4. The Hall–Kier alpha value is -1.51. The highest BCUT2D eigenvalue weighted by molar-refractivity contribution is 7.47. The SMILES string of the molecule is CCCCCCCCCCC=CCC=CCCC(=O)OC(COC(=O)CCCCCCCCCCCCCCCCCCC)COP(=O)(O)OCCN. The molecule has 0 aromatic rings. The van der Waals surface area contributed by atoms with Crippen molar-refractivity contribution in [2.75, 3.05) is 26.4 Å². The molecule has 0 aliphatic heterocycles. The van der Waals surface area contributed by atoms with E-state index in [1.54, 1.807) is 0 Å². The fourth-order valence-corrected chi connectivity index (χ4v) is 6.87. The zero-order chi connectivity index (χ0) is 38.9. The summed E-state index contributed by atoms with van der Waals surface area (Å²) in [6.07, 6.45) is 42.2. The summed E-state index contributed by atoms with van der Waals surface area (Å²) in [7, 11) is -4.39. The molecule has 0 fully saturated rings. The minimum atomic E-state index is -4.39. The molecule has 3 N–H and O–H groups in total. The molecule has 2 unspecified atom stereocenters. The van der Waals surface area contributed by atoms with Crippen molar-refractivity contribution in [3.05, 3.63) is 24.3 Å². The summed E-state index contributed by atoms with van der Waals surface area (Å²) in [6.45, 7) is 3.69. The highest BCUT2D eigenvalue weighted by atomic mass is 31.2. The molecule has 0 aliphatic rings. The lowest BCUT2D eigenvalue weighted by Crippen LogP contribution is -2.29. The minimum Gasteiger partial charge on any atom is -0.462 e. The van der Waals surface area contributed by atoms with Crippen LogP contribution in [0.25, 0.3) is 0 Å². The van der Waals surface area contributed by atoms with E-state index in [0.29, 0.717) is 6.42 Å². The lowest BCUT2D eigenvalue weighted by Gasteiger charge is -2.19. The van der Waals surface area contributed by atoms with E-state index in [0.717, 1.165) is 32.1 Å². The number of phosphoric acid groups is 1. The number of hydrogen-bond acceptors (Lipinski definition) is 8. The molecule has 0 aromatic heterocycles. The van der Waals surface area contributed by atoms with Gasteiger partial charge in [-0.25, -0.2) is 4.57 Å². The van der Waals surface area contributed by atoms with Gasteiger partial charge in [0.2, 0.25) is 0 Å². The van der Waals surface area contributed by atoms with E-state index in [2.05, 4.69) is 26.0 Å². The second-order valence-corrected chi connectivity index (χ2v) is 16.0. The predicted molar refractivity (Wildman–Crippen MR) is 220 cm³/mol. The topological polar surface area (TPSA) is 134 Å². The number of carbonyl (C=O) groups is 2. The van der Waals surface area contributed by atoms with Gasteiger partial charge in [0.25, 0.3) is 0 Å². The average molecular weight is 772 g/mol. The molecule has 0 heterocycles. The van der Waals surface area contributed by atoms with Crippen LogP contribution >= 0.6 is 7.82 Å². The van der Waals surface area contributed by atoms with Gasteiger partial charge in [-0.05, 0) is 32.1 Å². The van der Waals surface area contributed by atoms with Crippen molar-refractivity contribution in [1.82, 2.24) is 0 Å². The fourth-order valence-electron chi connectivity index (χ4n) is 6.10. The summed E-state index contributed by atoms with van der Waals surface area (Å²) in [5.74, 6) is -0.898. The lowest BCUT2D eigenvalue weighted by atomic mass is 10.0. The maximum Gasteiger partial charge on any atom is 0.472 e. The van der Waals surface area contributed by atoms with Crippen LogP contribution in [0.1, 0.15) is 206 Å². The number of ether oxygens (including phenoxy) is 2. The zero-order valence-corrected chi connectivity index (χ0v) is 35.2. The van der Waals surface area contributed by atoms with E-state index in [9.17, 15) is 19.0 Å². The molecule has 9 nitrogen and oxygen atoms in total. The number of hydrogen-bond donors (Lipinski definition) is 2. The Morgan fingerprint density at radius 1 is 0.566 bits per heavy atom. The van der Waals surface area contributed by atoms with Crippen molar-refractivity contribution in [3.8, 4) is 0 Å². The second kappa shape index (κ2) is 40.2. The van der Waals surface area contributed by atoms with E-state index in [4.69, 9.17) is 24.3 Å².